The third-order valence-electron chi connectivity index (χ3n) is 3.19. The number of hydrogen-bond acceptors (Lipinski definition) is 2. The van der Waals surface area contributed by atoms with Crippen molar-refractivity contribution in [3.8, 4) is 5.75 Å². The van der Waals surface area contributed by atoms with Gasteiger partial charge in [-0.1, -0.05) is 49.4 Å². The zero-order chi connectivity index (χ0) is 14.0. The molecule has 0 heterocycles. The van der Waals surface area contributed by atoms with Gasteiger partial charge in [-0.05, 0) is 49.2 Å². The van der Waals surface area contributed by atoms with Crippen molar-refractivity contribution in [1.82, 2.24) is 5.32 Å². The minimum Gasteiger partial charge on any atom is -0.489 e. The van der Waals surface area contributed by atoms with E-state index in [1.807, 2.05) is 18.2 Å². The SMILES string of the molecule is CCCNCCc1ccc(OCc2ccccc2)cc1.Cl. The molecule has 0 saturated heterocycles. The van der Waals surface area contributed by atoms with Crippen molar-refractivity contribution in [2.24, 2.45) is 0 Å². The maximum absolute atomic E-state index is 5.77. The maximum Gasteiger partial charge on any atom is 0.119 e. The fourth-order valence-corrected chi connectivity index (χ4v) is 2.03. The Hall–Kier alpha value is -1.51. The van der Waals surface area contributed by atoms with E-state index in [1.165, 1.54) is 17.5 Å². The first-order valence-electron chi connectivity index (χ1n) is 7.35. The third-order valence-corrected chi connectivity index (χ3v) is 3.19. The van der Waals surface area contributed by atoms with Crippen LogP contribution in [0.4, 0.5) is 0 Å². The summed E-state index contributed by atoms with van der Waals surface area (Å²) < 4.78 is 5.77. The van der Waals surface area contributed by atoms with Gasteiger partial charge in [-0.15, -0.1) is 12.4 Å². The zero-order valence-corrected chi connectivity index (χ0v) is 13.4. The topological polar surface area (TPSA) is 21.3 Å². The van der Waals surface area contributed by atoms with Crippen molar-refractivity contribution in [1.29, 1.82) is 0 Å². The van der Waals surface area contributed by atoms with E-state index in [1.54, 1.807) is 0 Å². The number of ether oxygens (including phenoxy) is 1. The predicted molar refractivity (Wildman–Crippen MR) is 91.3 cm³/mol. The molecule has 0 saturated carbocycles. The monoisotopic (exact) mass is 305 g/mol. The molecule has 0 aromatic heterocycles. The molecule has 2 nitrogen and oxygen atoms in total. The molecule has 0 bridgehead atoms. The lowest BCUT2D eigenvalue weighted by Gasteiger charge is -2.08. The number of benzene rings is 2. The van der Waals surface area contributed by atoms with Crippen molar-refractivity contribution >= 4 is 12.4 Å². The molecule has 2 aromatic carbocycles. The summed E-state index contributed by atoms with van der Waals surface area (Å²) >= 11 is 0. The van der Waals surface area contributed by atoms with Crippen LogP contribution in [0.2, 0.25) is 0 Å². The van der Waals surface area contributed by atoms with Gasteiger partial charge in [-0.2, -0.15) is 0 Å². The highest BCUT2D eigenvalue weighted by Gasteiger charge is 1.97. The second-order valence-corrected chi connectivity index (χ2v) is 4.92. The minimum atomic E-state index is 0. The van der Waals surface area contributed by atoms with Crippen LogP contribution in [0.1, 0.15) is 24.5 Å². The van der Waals surface area contributed by atoms with E-state index in [9.17, 15) is 0 Å². The summed E-state index contributed by atoms with van der Waals surface area (Å²) in [6, 6.07) is 18.6. The Morgan fingerprint density at radius 2 is 1.57 bits per heavy atom. The average molecular weight is 306 g/mol. The summed E-state index contributed by atoms with van der Waals surface area (Å²) in [4.78, 5) is 0. The first kappa shape index (κ1) is 17.5. The fourth-order valence-electron chi connectivity index (χ4n) is 2.03. The van der Waals surface area contributed by atoms with Gasteiger partial charge in [0, 0.05) is 0 Å². The summed E-state index contributed by atoms with van der Waals surface area (Å²) in [6.07, 6.45) is 2.26. The molecule has 0 aliphatic heterocycles. The highest BCUT2D eigenvalue weighted by molar-refractivity contribution is 5.85. The first-order chi connectivity index (χ1) is 9.88. The Morgan fingerprint density at radius 1 is 0.857 bits per heavy atom. The van der Waals surface area contributed by atoms with Crippen LogP contribution < -0.4 is 10.1 Å². The largest absolute Gasteiger partial charge is 0.489 e. The molecule has 21 heavy (non-hydrogen) atoms. The van der Waals surface area contributed by atoms with E-state index in [4.69, 9.17) is 4.74 Å². The van der Waals surface area contributed by atoms with Crippen LogP contribution in [0.5, 0.6) is 5.75 Å². The van der Waals surface area contributed by atoms with Gasteiger partial charge in [-0.3, -0.25) is 0 Å². The Bertz CT molecular complexity index is 484. The second kappa shape index (κ2) is 10.3. The molecule has 0 atom stereocenters. The standard InChI is InChI=1S/C18H23NO.ClH/c1-2-13-19-14-12-16-8-10-18(11-9-16)20-15-17-6-4-3-5-7-17;/h3-11,19H,2,12-15H2,1H3;1H. The van der Waals surface area contributed by atoms with Gasteiger partial charge in [0.1, 0.15) is 12.4 Å². The molecule has 0 unspecified atom stereocenters. The molecule has 2 aromatic rings. The lowest BCUT2D eigenvalue weighted by atomic mass is 10.1. The van der Waals surface area contributed by atoms with Crippen LogP contribution in [0.25, 0.3) is 0 Å². The van der Waals surface area contributed by atoms with Crippen LogP contribution >= 0.6 is 12.4 Å². The van der Waals surface area contributed by atoms with Crippen LogP contribution in [0, 0.1) is 0 Å². The average Bonchev–Trinajstić information content (AvgIpc) is 2.52. The fraction of sp³-hybridized carbons (Fsp3) is 0.333. The van der Waals surface area contributed by atoms with Crippen molar-refractivity contribution < 1.29 is 4.74 Å². The summed E-state index contributed by atoms with van der Waals surface area (Å²) in [6.45, 7) is 4.94. The van der Waals surface area contributed by atoms with E-state index >= 15 is 0 Å². The maximum atomic E-state index is 5.77. The van der Waals surface area contributed by atoms with Gasteiger partial charge < -0.3 is 10.1 Å². The summed E-state index contributed by atoms with van der Waals surface area (Å²) in [7, 11) is 0. The second-order valence-electron chi connectivity index (χ2n) is 4.92. The van der Waals surface area contributed by atoms with E-state index in [-0.39, 0.29) is 12.4 Å². The van der Waals surface area contributed by atoms with E-state index in [0.29, 0.717) is 6.61 Å². The molecule has 1 N–H and O–H groups in total. The normalized spacial score (nSPS) is 9.95. The van der Waals surface area contributed by atoms with Crippen LogP contribution in [-0.2, 0) is 13.0 Å². The van der Waals surface area contributed by atoms with Crippen LogP contribution in [0.3, 0.4) is 0 Å². The van der Waals surface area contributed by atoms with Crippen LogP contribution in [-0.4, -0.2) is 13.1 Å². The number of halogens is 1. The molecule has 3 heteroatoms. The van der Waals surface area contributed by atoms with Crippen LogP contribution in [0.15, 0.2) is 54.6 Å². The lowest BCUT2D eigenvalue weighted by Crippen LogP contribution is -2.17. The highest BCUT2D eigenvalue weighted by Crippen LogP contribution is 2.14. The van der Waals surface area contributed by atoms with Crippen molar-refractivity contribution in [2.45, 2.75) is 26.4 Å². The molecule has 114 valence electrons. The number of hydrogen-bond donors (Lipinski definition) is 1. The molecule has 0 amide bonds. The molecule has 2 rings (SSSR count). The molecule has 0 fully saturated rings. The quantitative estimate of drug-likeness (QED) is 0.737. The lowest BCUT2D eigenvalue weighted by molar-refractivity contribution is 0.306. The van der Waals surface area contributed by atoms with E-state index in [2.05, 4.69) is 48.6 Å². The number of rotatable bonds is 8. The first-order valence-corrected chi connectivity index (χ1v) is 7.35. The highest BCUT2D eigenvalue weighted by atomic mass is 35.5. The Labute approximate surface area is 133 Å². The van der Waals surface area contributed by atoms with Crippen molar-refractivity contribution in [3.05, 3.63) is 65.7 Å². The number of nitrogens with one attached hydrogen (secondary N) is 1. The van der Waals surface area contributed by atoms with E-state index < -0.39 is 0 Å². The Morgan fingerprint density at radius 3 is 2.24 bits per heavy atom. The minimum absolute atomic E-state index is 0. The van der Waals surface area contributed by atoms with Crippen molar-refractivity contribution in [3.63, 3.8) is 0 Å². The van der Waals surface area contributed by atoms with Gasteiger partial charge in [0.2, 0.25) is 0 Å². The van der Waals surface area contributed by atoms with Gasteiger partial charge in [0.05, 0.1) is 0 Å². The molecule has 0 aliphatic rings. The Balaban J connectivity index is 0.00000220. The molecule has 0 spiro atoms. The molecular weight excluding hydrogens is 282 g/mol. The smallest absolute Gasteiger partial charge is 0.119 e. The summed E-state index contributed by atoms with van der Waals surface area (Å²) in [5.41, 5.74) is 2.54. The molecular formula is C18H24ClNO. The summed E-state index contributed by atoms with van der Waals surface area (Å²) in [5, 5.41) is 3.41. The van der Waals surface area contributed by atoms with Gasteiger partial charge >= 0.3 is 0 Å². The summed E-state index contributed by atoms with van der Waals surface area (Å²) in [5.74, 6) is 0.930. The third kappa shape index (κ3) is 6.65. The van der Waals surface area contributed by atoms with Gasteiger partial charge in [0.25, 0.3) is 0 Å². The van der Waals surface area contributed by atoms with Gasteiger partial charge in [0.15, 0.2) is 0 Å². The van der Waals surface area contributed by atoms with Crippen molar-refractivity contribution in [2.75, 3.05) is 13.1 Å². The van der Waals surface area contributed by atoms with E-state index in [0.717, 1.165) is 25.3 Å². The molecule has 0 radical (unpaired) electrons. The molecule has 0 aliphatic carbocycles. The Kier molecular flexibility index (Phi) is 8.56. The van der Waals surface area contributed by atoms with Gasteiger partial charge in [-0.25, -0.2) is 0 Å². The predicted octanol–water partition coefficient (Wildman–Crippen LogP) is 4.23. The zero-order valence-electron chi connectivity index (χ0n) is 12.5.